The lowest BCUT2D eigenvalue weighted by atomic mass is 9.89. The van der Waals surface area contributed by atoms with Crippen LogP contribution in [0.4, 0.5) is 10.6 Å². The molecule has 8 heteroatoms. The molecule has 2 aliphatic heterocycles. The van der Waals surface area contributed by atoms with E-state index in [1.54, 1.807) is 11.8 Å². The number of rotatable bonds is 6. The van der Waals surface area contributed by atoms with Crippen LogP contribution in [-0.2, 0) is 4.74 Å². The minimum atomic E-state index is -0.370. The van der Waals surface area contributed by atoms with Crippen LogP contribution in [0.3, 0.4) is 0 Å². The predicted octanol–water partition coefficient (Wildman–Crippen LogP) is 4.09. The van der Waals surface area contributed by atoms with E-state index < -0.39 is 0 Å². The number of benzene rings is 1. The number of nitrogens with one attached hydrogen (secondary N) is 2. The summed E-state index contributed by atoms with van der Waals surface area (Å²) >= 11 is 1.70. The first-order valence-electron chi connectivity index (χ1n) is 10.9. The topological polar surface area (TPSA) is 90.3 Å². The fraction of sp³-hybridized carbons (Fsp3) is 0.375. The van der Waals surface area contributed by atoms with Crippen LogP contribution in [-0.4, -0.2) is 42.2 Å². The zero-order chi connectivity index (χ0) is 22.4. The fourth-order valence-corrected chi connectivity index (χ4v) is 5.27. The molecule has 2 aliphatic rings. The maximum atomic E-state index is 11.8. The van der Waals surface area contributed by atoms with E-state index in [0.717, 1.165) is 42.9 Å². The van der Waals surface area contributed by atoms with Gasteiger partial charge in [0.1, 0.15) is 17.3 Å². The highest BCUT2D eigenvalue weighted by Crippen LogP contribution is 2.41. The van der Waals surface area contributed by atoms with Gasteiger partial charge in [0, 0.05) is 37.6 Å². The SMILES string of the molecule is CCNC(=O)OCC1(C2CCN(c3ccc(-c4ccc(C#N)cc4)cn3)CC2)NC=CS1. The number of piperidine rings is 1. The van der Waals surface area contributed by atoms with Crippen molar-refractivity contribution in [1.82, 2.24) is 15.6 Å². The Morgan fingerprint density at radius 1 is 1.28 bits per heavy atom. The van der Waals surface area contributed by atoms with Crippen LogP contribution in [0.5, 0.6) is 0 Å². The van der Waals surface area contributed by atoms with Crippen LogP contribution in [0.15, 0.2) is 54.2 Å². The third-order valence-electron chi connectivity index (χ3n) is 5.99. The second kappa shape index (κ2) is 9.96. The molecule has 1 atom stereocenters. The summed E-state index contributed by atoms with van der Waals surface area (Å²) < 4.78 is 5.49. The van der Waals surface area contributed by atoms with Crippen LogP contribution in [0, 0.1) is 17.2 Å². The third kappa shape index (κ3) is 4.83. The molecule has 4 rings (SSSR count). The number of alkyl carbamates (subject to hydrolysis) is 1. The smallest absolute Gasteiger partial charge is 0.407 e. The van der Waals surface area contributed by atoms with Gasteiger partial charge in [0.2, 0.25) is 0 Å². The summed E-state index contributed by atoms with van der Waals surface area (Å²) in [5.41, 5.74) is 2.74. The molecule has 2 aromatic rings. The van der Waals surface area contributed by atoms with Gasteiger partial charge in [-0.3, -0.25) is 0 Å². The number of hydrogen-bond donors (Lipinski definition) is 2. The van der Waals surface area contributed by atoms with Gasteiger partial charge >= 0.3 is 6.09 Å². The van der Waals surface area contributed by atoms with Gasteiger partial charge in [0.25, 0.3) is 0 Å². The molecule has 1 amide bonds. The summed E-state index contributed by atoms with van der Waals surface area (Å²) in [4.78, 5) is 18.5. The first kappa shape index (κ1) is 22.0. The molecule has 0 spiro atoms. The normalized spacial score (nSPS) is 20.4. The summed E-state index contributed by atoms with van der Waals surface area (Å²) in [6.45, 7) is 4.57. The highest BCUT2D eigenvalue weighted by atomic mass is 32.2. The lowest BCUT2D eigenvalue weighted by molar-refractivity contribution is 0.111. The van der Waals surface area contributed by atoms with Gasteiger partial charge in [-0.25, -0.2) is 9.78 Å². The van der Waals surface area contributed by atoms with Crippen molar-refractivity contribution < 1.29 is 9.53 Å². The van der Waals surface area contributed by atoms with Gasteiger partial charge < -0.3 is 20.3 Å². The monoisotopic (exact) mass is 449 g/mol. The zero-order valence-corrected chi connectivity index (χ0v) is 18.9. The highest BCUT2D eigenvalue weighted by molar-refractivity contribution is 8.03. The number of nitrogens with zero attached hydrogens (tertiary/aromatic N) is 3. The van der Waals surface area contributed by atoms with Crippen molar-refractivity contribution in [2.75, 3.05) is 31.1 Å². The van der Waals surface area contributed by atoms with E-state index in [4.69, 9.17) is 15.0 Å². The summed E-state index contributed by atoms with van der Waals surface area (Å²) in [5, 5.41) is 17.1. The number of carbonyl (C=O) groups excluding carboxylic acids is 1. The molecule has 32 heavy (non-hydrogen) atoms. The molecule has 166 valence electrons. The minimum Gasteiger partial charge on any atom is -0.446 e. The lowest BCUT2D eigenvalue weighted by Crippen LogP contribution is -2.52. The maximum absolute atomic E-state index is 11.8. The van der Waals surface area contributed by atoms with Gasteiger partial charge in [0.15, 0.2) is 0 Å². The van der Waals surface area contributed by atoms with Crippen LogP contribution >= 0.6 is 11.8 Å². The van der Waals surface area contributed by atoms with E-state index in [2.05, 4.69) is 33.7 Å². The van der Waals surface area contributed by atoms with Crippen molar-refractivity contribution in [1.29, 1.82) is 5.26 Å². The van der Waals surface area contributed by atoms with Crippen molar-refractivity contribution in [2.45, 2.75) is 24.6 Å². The van der Waals surface area contributed by atoms with Crippen molar-refractivity contribution in [3.8, 4) is 17.2 Å². The van der Waals surface area contributed by atoms with E-state index in [0.29, 0.717) is 24.6 Å². The van der Waals surface area contributed by atoms with E-state index >= 15 is 0 Å². The lowest BCUT2D eigenvalue weighted by Gasteiger charge is -2.42. The third-order valence-corrected chi connectivity index (χ3v) is 7.25. The molecule has 0 radical (unpaired) electrons. The van der Waals surface area contributed by atoms with Crippen molar-refractivity contribution in [3.63, 3.8) is 0 Å². The molecular formula is C24H27N5O2S. The Hall–Kier alpha value is -3.18. The van der Waals surface area contributed by atoms with Crippen LogP contribution in [0.25, 0.3) is 11.1 Å². The maximum Gasteiger partial charge on any atom is 0.407 e. The Morgan fingerprint density at radius 2 is 2.03 bits per heavy atom. The molecule has 2 N–H and O–H groups in total. The first-order chi connectivity index (χ1) is 15.6. The molecule has 0 aliphatic carbocycles. The number of aromatic nitrogens is 1. The van der Waals surface area contributed by atoms with Crippen LogP contribution < -0.4 is 15.5 Å². The van der Waals surface area contributed by atoms with Gasteiger partial charge in [-0.05, 0) is 60.9 Å². The number of carbonyl (C=O) groups is 1. The summed E-state index contributed by atoms with van der Waals surface area (Å²) in [6.07, 6.45) is 5.44. The number of pyridine rings is 1. The standard InChI is InChI=1S/C24H27N5O2S/c1-2-26-23(30)31-17-24(28-11-14-32-24)21-9-12-29(13-10-21)22-8-7-20(16-27-22)19-5-3-18(15-25)4-6-19/h3-8,11,14,16,21,28H,2,9-10,12-13,17H2,1H3,(H,26,30). The average Bonchev–Trinajstić information content (AvgIpc) is 3.34. The van der Waals surface area contributed by atoms with Crippen LogP contribution in [0.2, 0.25) is 0 Å². The van der Waals surface area contributed by atoms with Crippen molar-refractivity contribution >= 4 is 23.7 Å². The van der Waals surface area contributed by atoms with E-state index in [1.807, 2.05) is 49.0 Å². The largest absolute Gasteiger partial charge is 0.446 e. The molecule has 0 bridgehead atoms. The second-order valence-corrected chi connectivity index (χ2v) is 9.15. The summed E-state index contributed by atoms with van der Waals surface area (Å²) in [7, 11) is 0. The molecule has 7 nitrogen and oxygen atoms in total. The van der Waals surface area contributed by atoms with Gasteiger partial charge in [0.05, 0.1) is 11.6 Å². The summed E-state index contributed by atoms with van der Waals surface area (Å²) in [5.74, 6) is 1.35. The van der Waals surface area contributed by atoms with E-state index in [1.165, 1.54) is 0 Å². The molecule has 3 heterocycles. The van der Waals surface area contributed by atoms with Crippen molar-refractivity contribution in [3.05, 3.63) is 59.8 Å². The number of amides is 1. The molecule has 1 fully saturated rings. The number of anilines is 1. The first-order valence-corrected chi connectivity index (χ1v) is 11.7. The van der Waals surface area contributed by atoms with Gasteiger partial charge in [-0.1, -0.05) is 12.1 Å². The quantitative estimate of drug-likeness (QED) is 0.686. The van der Waals surface area contributed by atoms with Crippen molar-refractivity contribution in [2.24, 2.45) is 5.92 Å². The molecule has 1 aromatic carbocycles. The average molecular weight is 450 g/mol. The number of thioether (sulfide) groups is 1. The number of hydrogen-bond acceptors (Lipinski definition) is 7. The molecule has 1 saturated heterocycles. The Kier molecular flexibility index (Phi) is 6.86. The number of ether oxygens (including phenoxy) is 1. The van der Waals surface area contributed by atoms with E-state index in [9.17, 15) is 4.79 Å². The van der Waals surface area contributed by atoms with Gasteiger partial charge in [-0.15, -0.1) is 11.8 Å². The second-order valence-electron chi connectivity index (χ2n) is 7.92. The van der Waals surface area contributed by atoms with E-state index in [-0.39, 0.29) is 11.0 Å². The fourth-order valence-electron chi connectivity index (χ4n) is 4.20. The Labute approximate surface area is 192 Å². The molecule has 1 aromatic heterocycles. The minimum absolute atomic E-state index is 0.302. The number of nitriles is 1. The molecular weight excluding hydrogens is 422 g/mol. The Balaban J connectivity index is 1.36. The predicted molar refractivity (Wildman–Crippen MR) is 127 cm³/mol. The highest BCUT2D eigenvalue weighted by Gasteiger charge is 2.43. The van der Waals surface area contributed by atoms with Crippen LogP contribution in [0.1, 0.15) is 25.3 Å². The zero-order valence-electron chi connectivity index (χ0n) is 18.1. The van der Waals surface area contributed by atoms with Gasteiger partial charge in [-0.2, -0.15) is 5.26 Å². The Bertz CT molecular complexity index is 985. The molecule has 0 saturated carbocycles. The Morgan fingerprint density at radius 3 is 2.62 bits per heavy atom. The molecule has 1 unspecified atom stereocenters. The summed E-state index contributed by atoms with van der Waals surface area (Å²) in [6, 6.07) is 13.8.